The minimum atomic E-state index is -0.366. The first-order chi connectivity index (χ1) is 13.2. The molecule has 2 saturated heterocycles. The number of nitrogens with one attached hydrogen (secondary N) is 2. The lowest BCUT2D eigenvalue weighted by Crippen LogP contribution is -2.54. The Morgan fingerprint density at radius 1 is 1.33 bits per heavy atom. The van der Waals surface area contributed by atoms with Crippen LogP contribution in [-0.2, 0) is 9.47 Å². The molecule has 9 heteroatoms. The first-order valence-corrected chi connectivity index (χ1v) is 9.40. The van der Waals surface area contributed by atoms with Gasteiger partial charge in [-0.25, -0.2) is 14.6 Å². The summed E-state index contributed by atoms with van der Waals surface area (Å²) < 4.78 is 10.6. The van der Waals surface area contributed by atoms with Gasteiger partial charge in [0.15, 0.2) is 0 Å². The van der Waals surface area contributed by atoms with Crippen LogP contribution in [0.5, 0.6) is 0 Å². The number of pyridine rings is 1. The van der Waals surface area contributed by atoms with Gasteiger partial charge in [-0.15, -0.1) is 0 Å². The van der Waals surface area contributed by atoms with E-state index in [1.165, 1.54) is 6.20 Å². The van der Waals surface area contributed by atoms with Crippen molar-refractivity contribution in [3.05, 3.63) is 23.9 Å². The summed E-state index contributed by atoms with van der Waals surface area (Å²) in [4.78, 5) is 32.3. The zero-order valence-electron chi connectivity index (χ0n) is 15.6. The molecule has 3 rings (SSSR count). The van der Waals surface area contributed by atoms with Crippen molar-refractivity contribution in [1.82, 2.24) is 20.5 Å². The Hall–Kier alpha value is -2.39. The summed E-state index contributed by atoms with van der Waals surface area (Å²) in [6, 6.07) is 3.47. The molecule has 27 heavy (non-hydrogen) atoms. The molecule has 1 aromatic heterocycles. The largest absolute Gasteiger partial charge is 0.462 e. The fourth-order valence-electron chi connectivity index (χ4n) is 3.11. The number of urea groups is 1. The van der Waals surface area contributed by atoms with Gasteiger partial charge in [0, 0.05) is 52.0 Å². The highest BCUT2D eigenvalue weighted by Gasteiger charge is 2.23. The van der Waals surface area contributed by atoms with Crippen LogP contribution in [0.4, 0.5) is 10.6 Å². The summed E-state index contributed by atoms with van der Waals surface area (Å²) in [6.07, 6.45) is 1.57. The molecule has 2 N–H and O–H groups in total. The number of aromatic nitrogens is 1. The molecule has 3 heterocycles. The molecular formula is C18H27N5O4. The maximum absolute atomic E-state index is 12.3. The number of nitrogens with zero attached hydrogens (tertiary/aromatic N) is 3. The fourth-order valence-corrected chi connectivity index (χ4v) is 3.11. The Bertz CT molecular complexity index is 625. The smallest absolute Gasteiger partial charge is 0.339 e. The monoisotopic (exact) mass is 377 g/mol. The van der Waals surface area contributed by atoms with Gasteiger partial charge in [-0.2, -0.15) is 0 Å². The van der Waals surface area contributed by atoms with Crippen LogP contribution in [0, 0.1) is 0 Å². The van der Waals surface area contributed by atoms with E-state index in [-0.39, 0.29) is 18.1 Å². The molecule has 0 aliphatic carbocycles. The van der Waals surface area contributed by atoms with Gasteiger partial charge < -0.3 is 29.9 Å². The molecule has 1 aromatic rings. The number of esters is 1. The maximum atomic E-state index is 12.3. The molecule has 148 valence electrons. The molecule has 9 nitrogen and oxygen atoms in total. The molecule has 2 amide bonds. The van der Waals surface area contributed by atoms with Gasteiger partial charge in [-0.05, 0) is 19.1 Å². The van der Waals surface area contributed by atoms with Crippen molar-refractivity contribution >= 4 is 17.8 Å². The number of carbonyl (C=O) groups is 2. The number of carbonyl (C=O) groups excluding carboxylic acids is 2. The minimum Gasteiger partial charge on any atom is -0.462 e. The fraction of sp³-hybridized carbons (Fsp3) is 0.611. The molecule has 2 fully saturated rings. The Kier molecular flexibility index (Phi) is 6.83. The lowest BCUT2D eigenvalue weighted by atomic mass is 10.2. The normalized spacial score (nSPS) is 20.3. The second kappa shape index (κ2) is 9.52. The van der Waals surface area contributed by atoms with Gasteiger partial charge >= 0.3 is 12.0 Å². The molecule has 0 spiro atoms. The van der Waals surface area contributed by atoms with Crippen molar-refractivity contribution in [2.45, 2.75) is 13.0 Å². The summed E-state index contributed by atoms with van der Waals surface area (Å²) in [5.41, 5.74) is 0.443. The zero-order chi connectivity index (χ0) is 19.1. The third-order valence-electron chi connectivity index (χ3n) is 4.64. The molecule has 0 aromatic carbocycles. The van der Waals surface area contributed by atoms with E-state index in [2.05, 4.69) is 20.5 Å². The van der Waals surface area contributed by atoms with Crippen LogP contribution in [-0.4, -0.2) is 87.0 Å². The van der Waals surface area contributed by atoms with Crippen LogP contribution in [0.3, 0.4) is 0 Å². The van der Waals surface area contributed by atoms with Crippen molar-refractivity contribution in [3.8, 4) is 0 Å². The summed E-state index contributed by atoms with van der Waals surface area (Å²) in [6.45, 7) is 7.57. The van der Waals surface area contributed by atoms with Gasteiger partial charge in [0.1, 0.15) is 5.82 Å². The first kappa shape index (κ1) is 19.4. The van der Waals surface area contributed by atoms with Crippen molar-refractivity contribution in [1.29, 1.82) is 0 Å². The number of anilines is 1. The zero-order valence-corrected chi connectivity index (χ0v) is 15.6. The van der Waals surface area contributed by atoms with E-state index >= 15 is 0 Å². The molecule has 2 aliphatic rings. The van der Waals surface area contributed by atoms with Gasteiger partial charge in [0.05, 0.1) is 24.9 Å². The number of morpholine rings is 1. The second-order valence-corrected chi connectivity index (χ2v) is 6.48. The van der Waals surface area contributed by atoms with Crippen molar-refractivity contribution in [2.24, 2.45) is 0 Å². The van der Waals surface area contributed by atoms with Crippen LogP contribution in [0.25, 0.3) is 0 Å². The Labute approximate surface area is 159 Å². The Morgan fingerprint density at radius 3 is 2.78 bits per heavy atom. The number of hydrogen-bond donors (Lipinski definition) is 2. The highest BCUT2D eigenvalue weighted by molar-refractivity contribution is 5.89. The third-order valence-corrected chi connectivity index (χ3v) is 4.64. The highest BCUT2D eigenvalue weighted by Crippen LogP contribution is 2.14. The number of piperazine rings is 1. The average molecular weight is 377 g/mol. The minimum absolute atomic E-state index is 0.0334. The first-order valence-electron chi connectivity index (χ1n) is 9.40. The predicted molar refractivity (Wildman–Crippen MR) is 100.0 cm³/mol. The van der Waals surface area contributed by atoms with Gasteiger partial charge in [-0.1, -0.05) is 0 Å². The van der Waals surface area contributed by atoms with Crippen LogP contribution in [0.15, 0.2) is 18.3 Å². The second-order valence-electron chi connectivity index (χ2n) is 6.48. The molecule has 1 atom stereocenters. The van der Waals surface area contributed by atoms with Gasteiger partial charge in [-0.3, -0.25) is 0 Å². The van der Waals surface area contributed by atoms with E-state index in [4.69, 9.17) is 9.47 Å². The Morgan fingerprint density at radius 2 is 2.15 bits per heavy atom. The van der Waals surface area contributed by atoms with Crippen molar-refractivity contribution in [3.63, 3.8) is 0 Å². The predicted octanol–water partition coefficient (Wildman–Crippen LogP) is 0.0783. The number of ether oxygens (including phenoxy) is 2. The Balaban J connectivity index is 1.44. The highest BCUT2D eigenvalue weighted by atomic mass is 16.5. The summed E-state index contributed by atoms with van der Waals surface area (Å²) >= 11 is 0. The summed E-state index contributed by atoms with van der Waals surface area (Å²) in [5, 5.41) is 6.19. The number of amides is 2. The van der Waals surface area contributed by atoms with E-state index in [1.54, 1.807) is 17.9 Å². The van der Waals surface area contributed by atoms with E-state index in [9.17, 15) is 9.59 Å². The third kappa shape index (κ3) is 5.30. The molecule has 1 unspecified atom stereocenters. The average Bonchev–Trinajstić information content (AvgIpc) is 2.73. The van der Waals surface area contributed by atoms with Gasteiger partial charge in [0.25, 0.3) is 0 Å². The molecule has 2 aliphatic heterocycles. The maximum Gasteiger partial charge on any atom is 0.339 e. The van der Waals surface area contributed by atoms with E-state index in [0.717, 1.165) is 18.9 Å². The quantitative estimate of drug-likeness (QED) is 0.702. The van der Waals surface area contributed by atoms with Crippen molar-refractivity contribution in [2.75, 3.05) is 63.9 Å². The van der Waals surface area contributed by atoms with Crippen LogP contribution in [0.1, 0.15) is 17.3 Å². The molecule has 0 saturated carbocycles. The van der Waals surface area contributed by atoms with Gasteiger partial charge in [0.2, 0.25) is 0 Å². The van der Waals surface area contributed by atoms with Crippen LogP contribution < -0.4 is 15.5 Å². The lowest BCUT2D eigenvalue weighted by molar-refractivity contribution is 0.0299. The van der Waals surface area contributed by atoms with E-state index in [1.807, 2.05) is 6.07 Å². The number of hydrogen-bond acceptors (Lipinski definition) is 7. The van der Waals surface area contributed by atoms with Crippen LogP contribution in [0.2, 0.25) is 0 Å². The summed E-state index contributed by atoms with van der Waals surface area (Å²) in [7, 11) is 0. The topological polar surface area (TPSA) is 96.0 Å². The van der Waals surface area contributed by atoms with Crippen molar-refractivity contribution < 1.29 is 19.1 Å². The SMILES string of the molecule is CCOC(=O)c1ccc(N2CCN(C(=O)NCC3CNCCO3)CC2)nc1. The standard InChI is InChI=1S/C18H27N5O4/c1-2-26-17(24)14-3-4-16(20-11-14)22-6-8-23(9-7-22)18(25)21-13-15-12-19-5-10-27-15/h3-4,11,15,19H,2,5-10,12-13H2,1H3,(H,21,25). The number of rotatable bonds is 5. The summed E-state index contributed by atoms with van der Waals surface area (Å²) in [5.74, 6) is 0.431. The molecule has 0 bridgehead atoms. The molecule has 0 radical (unpaired) electrons. The lowest BCUT2D eigenvalue weighted by Gasteiger charge is -2.35. The van der Waals surface area contributed by atoms with E-state index in [0.29, 0.717) is 51.5 Å². The van der Waals surface area contributed by atoms with Crippen LogP contribution >= 0.6 is 0 Å². The van der Waals surface area contributed by atoms with E-state index < -0.39 is 0 Å². The molecular weight excluding hydrogens is 350 g/mol.